The Morgan fingerprint density at radius 1 is 1.04 bits per heavy atom. The van der Waals surface area contributed by atoms with Crippen molar-refractivity contribution in [2.24, 2.45) is 11.7 Å². The number of hydrogen-bond donors (Lipinski definition) is 1. The molecule has 1 saturated heterocycles. The number of rotatable bonds is 4. The minimum Gasteiger partial charge on any atom is -0.457 e. The van der Waals surface area contributed by atoms with Crippen molar-refractivity contribution in [2.45, 2.75) is 31.6 Å². The summed E-state index contributed by atoms with van der Waals surface area (Å²) in [5.74, 6) is 1.32. The summed E-state index contributed by atoms with van der Waals surface area (Å²) in [4.78, 5) is 26.6. The molecule has 2 aliphatic heterocycles. The lowest BCUT2D eigenvalue weighted by atomic mass is 9.85. The predicted molar refractivity (Wildman–Crippen MR) is 103 cm³/mol. The molecule has 27 heavy (non-hydrogen) atoms. The Kier molecular flexibility index (Phi) is 4.84. The van der Waals surface area contributed by atoms with Gasteiger partial charge < -0.3 is 15.4 Å². The second-order valence-electron chi connectivity index (χ2n) is 7.41. The molecule has 2 heterocycles. The smallest absolute Gasteiger partial charge is 0.234 e. The average molecular weight is 364 g/mol. The van der Waals surface area contributed by atoms with Crippen molar-refractivity contribution >= 4 is 11.8 Å². The van der Waals surface area contributed by atoms with E-state index in [2.05, 4.69) is 0 Å². The molecule has 1 atom stereocenters. The van der Waals surface area contributed by atoms with Crippen molar-refractivity contribution in [1.82, 2.24) is 4.90 Å². The van der Waals surface area contributed by atoms with Crippen LogP contribution in [0.4, 0.5) is 0 Å². The summed E-state index contributed by atoms with van der Waals surface area (Å²) in [6.07, 6.45) is 3.13. The van der Waals surface area contributed by atoms with Crippen LogP contribution in [-0.2, 0) is 9.59 Å². The summed E-state index contributed by atoms with van der Waals surface area (Å²) in [6.45, 7) is 1.45. The van der Waals surface area contributed by atoms with Gasteiger partial charge in [0.15, 0.2) is 0 Å². The first kappa shape index (κ1) is 17.6. The topological polar surface area (TPSA) is 72.6 Å². The van der Waals surface area contributed by atoms with Crippen molar-refractivity contribution < 1.29 is 14.3 Å². The zero-order valence-electron chi connectivity index (χ0n) is 15.3. The third kappa shape index (κ3) is 3.54. The van der Waals surface area contributed by atoms with Crippen LogP contribution in [0.25, 0.3) is 0 Å². The first-order chi connectivity index (χ1) is 13.1. The molecule has 2 aliphatic rings. The molecule has 1 fully saturated rings. The highest BCUT2D eigenvalue weighted by atomic mass is 16.5. The lowest BCUT2D eigenvalue weighted by Gasteiger charge is -2.37. The summed E-state index contributed by atoms with van der Waals surface area (Å²) >= 11 is 0. The number of ether oxygens (including phenoxy) is 1. The predicted octanol–water partition coefficient (Wildman–Crippen LogP) is 3.43. The number of fused-ring (bicyclic) bond motifs is 2. The van der Waals surface area contributed by atoms with Crippen molar-refractivity contribution in [3.8, 4) is 11.5 Å². The molecular formula is C22H24N2O3. The second kappa shape index (κ2) is 7.43. The molecule has 2 aromatic carbocycles. The number of hydrogen-bond acceptors (Lipinski definition) is 3. The van der Waals surface area contributed by atoms with Crippen LogP contribution in [0.5, 0.6) is 11.5 Å². The van der Waals surface area contributed by atoms with E-state index in [0.29, 0.717) is 18.9 Å². The van der Waals surface area contributed by atoms with Crippen molar-refractivity contribution in [2.75, 3.05) is 13.1 Å². The van der Waals surface area contributed by atoms with Gasteiger partial charge in [0.2, 0.25) is 11.8 Å². The molecule has 2 aromatic rings. The molecule has 5 heteroatoms. The van der Waals surface area contributed by atoms with Crippen LogP contribution in [0.3, 0.4) is 0 Å². The zero-order chi connectivity index (χ0) is 18.8. The van der Waals surface area contributed by atoms with E-state index in [9.17, 15) is 9.59 Å². The number of amides is 2. The summed E-state index contributed by atoms with van der Waals surface area (Å²) in [7, 11) is 0. The third-order valence-corrected chi connectivity index (χ3v) is 5.56. The van der Waals surface area contributed by atoms with E-state index in [1.165, 1.54) is 0 Å². The van der Waals surface area contributed by atoms with E-state index in [1.54, 1.807) is 0 Å². The minimum atomic E-state index is -0.346. The molecule has 4 rings (SSSR count). The lowest BCUT2D eigenvalue weighted by molar-refractivity contribution is -0.133. The number of nitrogens with two attached hydrogens (primary N) is 1. The van der Waals surface area contributed by atoms with Crippen LogP contribution in [0.2, 0.25) is 0 Å². The molecule has 0 saturated carbocycles. The second-order valence-corrected chi connectivity index (χ2v) is 7.41. The summed E-state index contributed by atoms with van der Waals surface area (Å²) in [5, 5.41) is 0. The normalized spacial score (nSPS) is 19.0. The Morgan fingerprint density at radius 3 is 2.30 bits per heavy atom. The Labute approximate surface area is 159 Å². The number of para-hydroxylation sites is 2. The fraction of sp³-hybridized carbons (Fsp3) is 0.364. The van der Waals surface area contributed by atoms with Crippen LogP contribution in [0, 0.1) is 5.92 Å². The third-order valence-electron chi connectivity index (χ3n) is 5.56. The van der Waals surface area contributed by atoms with Gasteiger partial charge >= 0.3 is 0 Å². The van der Waals surface area contributed by atoms with Crippen molar-refractivity contribution in [1.29, 1.82) is 0 Å². The van der Waals surface area contributed by atoms with E-state index < -0.39 is 0 Å². The summed E-state index contributed by atoms with van der Waals surface area (Å²) in [5.41, 5.74) is 7.13. The van der Waals surface area contributed by atoms with Gasteiger partial charge in [0.25, 0.3) is 0 Å². The number of likely N-dealkylation sites (tertiary alicyclic amines) is 1. The molecule has 2 amide bonds. The quantitative estimate of drug-likeness (QED) is 0.903. The number of benzene rings is 2. The van der Waals surface area contributed by atoms with Gasteiger partial charge in [-0.05, 0) is 37.3 Å². The molecule has 5 nitrogen and oxygen atoms in total. The van der Waals surface area contributed by atoms with E-state index in [1.807, 2.05) is 53.4 Å². The fourth-order valence-corrected chi connectivity index (χ4v) is 4.21. The van der Waals surface area contributed by atoms with Crippen LogP contribution >= 0.6 is 0 Å². The summed E-state index contributed by atoms with van der Waals surface area (Å²) in [6, 6.07) is 15.5. The Balaban J connectivity index is 1.61. The van der Waals surface area contributed by atoms with Crippen molar-refractivity contribution in [3.63, 3.8) is 0 Å². The molecule has 140 valence electrons. The Bertz CT molecular complexity index is 819. The van der Waals surface area contributed by atoms with E-state index >= 15 is 0 Å². The van der Waals surface area contributed by atoms with Crippen LogP contribution in [-0.4, -0.2) is 29.8 Å². The first-order valence-electron chi connectivity index (χ1n) is 9.56. The first-order valence-corrected chi connectivity index (χ1v) is 9.56. The molecule has 2 N–H and O–H groups in total. The monoisotopic (exact) mass is 364 g/mol. The van der Waals surface area contributed by atoms with Crippen LogP contribution in [0.1, 0.15) is 42.7 Å². The number of carbonyl (C=O) groups is 2. The van der Waals surface area contributed by atoms with Crippen LogP contribution in [0.15, 0.2) is 48.5 Å². The van der Waals surface area contributed by atoms with Gasteiger partial charge in [0.05, 0.1) is 5.92 Å². The van der Waals surface area contributed by atoms with E-state index in [-0.39, 0.29) is 17.7 Å². The zero-order valence-corrected chi connectivity index (χ0v) is 15.3. The maximum atomic E-state index is 13.5. The van der Waals surface area contributed by atoms with Gasteiger partial charge in [-0.3, -0.25) is 9.59 Å². The van der Waals surface area contributed by atoms with Gasteiger partial charge in [-0.2, -0.15) is 0 Å². The van der Waals surface area contributed by atoms with Crippen LogP contribution < -0.4 is 10.5 Å². The number of nitrogens with zero attached hydrogens (tertiary/aromatic N) is 1. The SMILES string of the molecule is NC(=O)CC[C@@H]1CCCN(C(=O)C2c3ccccc3Oc3ccccc32)C1. The molecule has 0 aliphatic carbocycles. The highest BCUT2D eigenvalue weighted by Crippen LogP contribution is 2.45. The minimum absolute atomic E-state index is 0.113. The molecule has 0 spiro atoms. The fourth-order valence-electron chi connectivity index (χ4n) is 4.21. The van der Waals surface area contributed by atoms with Gasteiger partial charge in [0, 0.05) is 30.6 Å². The van der Waals surface area contributed by atoms with Gasteiger partial charge in [0.1, 0.15) is 11.5 Å². The molecule has 0 radical (unpaired) electrons. The highest BCUT2D eigenvalue weighted by molar-refractivity contribution is 5.89. The Morgan fingerprint density at radius 2 is 1.67 bits per heavy atom. The lowest BCUT2D eigenvalue weighted by Crippen LogP contribution is -2.43. The van der Waals surface area contributed by atoms with Gasteiger partial charge in [-0.1, -0.05) is 36.4 Å². The molecule has 0 unspecified atom stereocenters. The Hall–Kier alpha value is -2.82. The number of carbonyl (C=O) groups excluding carboxylic acids is 2. The molecular weight excluding hydrogens is 340 g/mol. The maximum Gasteiger partial charge on any atom is 0.234 e. The van der Waals surface area contributed by atoms with E-state index in [4.69, 9.17) is 10.5 Å². The summed E-state index contributed by atoms with van der Waals surface area (Å²) < 4.78 is 6.01. The van der Waals surface area contributed by atoms with Crippen molar-refractivity contribution in [3.05, 3.63) is 59.7 Å². The van der Waals surface area contributed by atoms with Gasteiger partial charge in [-0.25, -0.2) is 0 Å². The average Bonchev–Trinajstić information content (AvgIpc) is 2.70. The highest BCUT2D eigenvalue weighted by Gasteiger charge is 2.36. The molecule has 0 bridgehead atoms. The number of piperidine rings is 1. The van der Waals surface area contributed by atoms with Gasteiger partial charge in [-0.15, -0.1) is 0 Å². The number of primary amides is 1. The maximum absolute atomic E-state index is 13.5. The standard InChI is InChI=1S/C22H24N2O3/c23-20(25)12-11-15-6-5-13-24(14-15)22(26)21-16-7-1-3-9-18(16)27-19-10-4-2-8-17(19)21/h1-4,7-10,15,21H,5-6,11-14H2,(H2,23,25)/t15-/m0/s1. The largest absolute Gasteiger partial charge is 0.457 e. The molecule has 0 aromatic heterocycles. The van der Waals surface area contributed by atoms with E-state index in [0.717, 1.165) is 48.4 Å².